The Hall–Kier alpha value is -10.6. The number of ether oxygens (including phenoxy) is 8. The molecule has 14 heteroatoms. The number of nitrogens with zero attached hydrogens (tertiary/aromatic N) is 2. The molecule has 0 aliphatic heterocycles. The van der Waals surface area contributed by atoms with Crippen LogP contribution < -0.4 is 47.7 Å². The van der Waals surface area contributed by atoms with E-state index in [1.165, 1.54) is 0 Å². The monoisotopic (exact) mass is 1030 g/mol. The molecular weight excluding hydrogens is 977 g/mol. The van der Waals surface area contributed by atoms with Crippen molar-refractivity contribution in [3.63, 3.8) is 0 Å². The molecule has 8 rings (SSSR count). The van der Waals surface area contributed by atoms with E-state index in [-0.39, 0.29) is 6.79 Å². The number of hydrogen-bond donors (Lipinski definition) is 0. The van der Waals surface area contributed by atoms with E-state index in [9.17, 15) is 19.2 Å². The summed E-state index contributed by atoms with van der Waals surface area (Å²) in [5.74, 6) is 1.74. The van der Waals surface area contributed by atoms with Crippen molar-refractivity contribution in [3.8, 4) is 46.0 Å². The van der Waals surface area contributed by atoms with E-state index in [0.29, 0.717) is 59.2 Å². The Kier molecular flexibility index (Phi) is 17.7. The van der Waals surface area contributed by atoms with Gasteiger partial charge in [0.1, 0.15) is 59.2 Å². The van der Waals surface area contributed by atoms with Crippen molar-refractivity contribution in [1.82, 2.24) is 0 Å². The Morgan fingerprint density at radius 2 is 0.481 bits per heavy atom. The number of carbonyl (C=O) groups is 4. The lowest BCUT2D eigenvalue weighted by Crippen LogP contribution is -2.11. The van der Waals surface area contributed by atoms with E-state index >= 15 is 0 Å². The van der Waals surface area contributed by atoms with Crippen LogP contribution in [-0.2, 0) is 32.4 Å². The van der Waals surface area contributed by atoms with Crippen LogP contribution in [0.1, 0.15) is 11.1 Å². The van der Waals surface area contributed by atoms with Gasteiger partial charge in [-0.2, -0.15) is 0 Å². The van der Waals surface area contributed by atoms with E-state index in [1.54, 1.807) is 60.7 Å². The minimum Gasteiger partial charge on any atom is -0.489 e. The van der Waals surface area contributed by atoms with Crippen LogP contribution in [0.15, 0.2) is 245 Å². The Bertz CT molecular complexity index is 3100. The minimum absolute atomic E-state index is 0.0767. The fraction of sp³-hybridized carbons (Fsp3) is 0.0476. The van der Waals surface area contributed by atoms with Crippen molar-refractivity contribution in [2.24, 2.45) is 0 Å². The normalized spacial score (nSPS) is 10.4. The number of benzene rings is 8. The number of hydrogen-bond acceptors (Lipinski definition) is 14. The lowest BCUT2D eigenvalue weighted by atomic mass is 10.1. The highest BCUT2D eigenvalue weighted by Crippen LogP contribution is 2.39. The fourth-order valence-electron chi connectivity index (χ4n) is 7.42. The van der Waals surface area contributed by atoms with Gasteiger partial charge in [-0.1, -0.05) is 50.6 Å². The Morgan fingerprint density at radius 3 is 0.753 bits per heavy atom. The first-order valence-corrected chi connectivity index (χ1v) is 23.8. The molecule has 0 spiro atoms. The fourth-order valence-corrected chi connectivity index (χ4v) is 7.42. The summed E-state index contributed by atoms with van der Waals surface area (Å²) in [7, 11) is 0. The van der Waals surface area contributed by atoms with Crippen molar-refractivity contribution >= 4 is 58.0 Å². The molecule has 14 nitrogen and oxygen atoms in total. The highest BCUT2D eigenvalue weighted by atomic mass is 16.7. The van der Waals surface area contributed by atoms with Crippen molar-refractivity contribution in [2.75, 3.05) is 16.6 Å². The maximum absolute atomic E-state index is 11.9. The standard InChI is InChI=1S/C63H50N2O12/c1-5-60(66)74-56-25-11-45(12-26-56)42-70-52-27-15-47(16-28-52)65(51-23-35-58(36-24-51)76-62(68)7-3)49-19-31-55(32-20-49)73-43-72-54-29-17-48(18-30-54)64(50-21-33-57(34-22-50)75-61(67)6-2)46-13-9-44(10-14-46)41-71-53-37-39-59(40-38-53)77-63(69)8-4/h5-40H,1-4,41-43H2. The van der Waals surface area contributed by atoms with E-state index in [2.05, 4.69) is 26.3 Å². The Labute approximate surface area is 445 Å². The molecule has 0 saturated carbocycles. The van der Waals surface area contributed by atoms with Gasteiger partial charge in [0.05, 0.1) is 0 Å². The highest BCUT2D eigenvalue weighted by Gasteiger charge is 2.17. The summed E-state index contributed by atoms with van der Waals surface area (Å²) in [5, 5.41) is 0. The van der Waals surface area contributed by atoms with Crippen LogP contribution in [0.2, 0.25) is 0 Å². The zero-order valence-electron chi connectivity index (χ0n) is 41.5. The lowest BCUT2D eigenvalue weighted by Gasteiger charge is -2.26. The smallest absolute Gasteiger partial charge is 0.335 e. The zero-order chi connectivity index (χ0) is 53.9. The molecule has 384 valence electrons. The van der Waals surface area contributed by atoms with Crippen LogP contribution in [0.3, 0.4) is 0 Å². The third-order valence-electron chi connectivity index (χ3n) is 11.2. The summed E-state index contributed by atoms with van der Waals surface area (Å²) in [6.07, 6.45) is 4.42. The third-order valence-corrected chi connectivity index (χ3v) is 11.2. The molecule has 0 bridgehead atoms. The average molecular weight is 1030 g/mol. The summed E-state index contributed by atoms with van der Waals surface area (Å²) in [6.45, 7) is 14.3. The van der Waals surface area contributed by atoms with Gasteiger partial charge in [0.25, 0.3) is 0 Å². The number of anilines is 6. The molecule has 0 radical (unpaired) electrons. The molecule has 0 unspecified atom stereocenters. The van der Waals surface area contributed by atoms with Gasteiger partial charge in [0.15, 0.2) is 0 Å². The molecule has 77 heavy (non-hydrogen) atoms. The predicted molar refractivity (Wildman–Crippen MR) is 293 cm³/mol. The second kappa shape index (κ2) is 25.9. The Morgan fingerprint density at radius 1 is 0.286 bits per heavy atom. The molecule has 0 fully saturated rings. The van der Waals surface area contributed by atoms with Gasteiger partial charge in [-0.25, -0.2) is 19.2 Å². The van der Waals surface area contributed by atoms with E-state index < -0.39 is 23.9 Å². The predicted octanol–water partition coefficient (Wildman–Crippen LogP) is 13.6. The average Bonchev–Trinajstić information content (AvgIpc) is 3.47. The molecule has 0 heterocycles. The van der Waals surface area contributed by atoms with Crippen LogP contribution >= 0.6 is 0 Å². The summed E-state index contributed by atoms with van der Waals surface area (Å²) < 4.78 is 45.1. The first-order valence-electron chi connectivity index (χ1n) is 23.8. The highest BCUT2D eigenvalue weighted by molar-refractivity contribution is 5.85. The molecule has 0 N–H and O–H groups in total. The van der Waals surface area contributed by atoms with Gasteiger partial charge in [-0.05, 0) is 181 Å². The molecule has 8 aromatic carbocycles. The zero-order valence-corrected chi connectivity index (χ0v) is 41.5. The minimum atomic E-state index is -0.561. The number of esters is 4. The summed E-state index contributed by atoms with van der Waals surface area (Å²) in [6, 6.07) is 58.6. The largest absolute Gasteiger partial charge is 0.489 e. The molecule has 0 saturated heterocycles. The van der Waals surface area contributed by atoms with Crippen LogP contribution in [0.4, 0.5) is 34.1 Å². The van der Waals surface area contributed by atoms with Crippen LogP contribution in [-0.4, -0.2) is 30.7 Å². The number of carbonyl (C=O) groups excluding carboxylic acids is 4. The quantitative estimate of drug-likeness (QED) is 0.0244. The molecule has 8 aromatic rings. The summed E-state index contributed by atoms with van der Waals surface area (Å²) >= 11 is 0. The van der Waals surface area contributed by atoms with Gasteiger partial charge in [-0.15, -0.1) is 0 Å². The van der Waals surface area contributed by atoms with Gasteiger partial charge in [0.2, 0.25) is 6.79 Å². The van der Waals surface area contributed by atoms with E-state index in [4.69, 9.17) is 37.9 Å². The Balaban J connectivity index is 0.925. The topological polar surface area (TPSA) is 149 Å². The first kappa shape index (κ1) is 52.7. The van der Waals surface area contributed by atoms with Gasteiger partial charge < -0.3 is 47.7 Å². The maximum atomic E-state index is 11.9. The SMILES string of the molecule is C=CC(=O)Oc1ccc(COc2ccc(N(c3ccc(OCOc4ccc(N(c5ccc(COc6ccc(OC(=O)C=C)cc6)cc5)c5ccc(OC(=O)C=C)cc5)cc4)cc3)c3ccc(OC(=O)C=C)cc3)cc2)cc1. The van der Waals surface area contributed by atoms with Crippen LogP contribution in [0.5, 0.6) is 46.0 Å². The van der Waals surface area contributed by atoms with Crippen molar-refractivity contribution in [3.05, 3.63) is 256 Å². The van der Waals surface area contributed by atoms with Gasteiger partial charge >= 0.3 is 23.9 Å². The number of rotatable bonds is 24. The van der Waals surface area contributed by atoms with Crippen molar-refractivity contribution in [1.29, 1.82) is 0 Å². The molecule has 0 aromatic heterocycles. The van der Waals surface area contributed by atoms with Crippen molar-refractivity contribution in [2.45, 2.75) is 13.2 Å². The molecular formula is C63H50N2O12. The second-order valence-corrected chi connectivity index (χ2v) is 16.4. The molecule has 0 atom stereocenters. The van der Waals surface area contributed by atoms with E-state index in [1.807, 2.05) is 143 Å². The summed E-state index contributed by atoms with van der Waals surface area (Å²) in [4.78, 5) is 50.9. The van der Waals surface area contributed by atoms with Gasteiger partial charge in [-0.3, -0.25) is 0 Å². The molecule has 0 amide bonds. The summed E-state index contributed by atoms with van der Waals surface area (Å²) in [5.41, 5.74) is 6.70. The van der Waals surface area contributed by atoms with Crippen LogP contribution in [0, 0.1) is 0 Å². The lowest BCUT2D eigenvalue weighted by molar-refractivity contribution is -0.129. The van der Waals surface area contributed by atoms with Crippen molar-refractivity contribution < 1.29 is 57.1 Å². The van der Waals surface area contributed by atoms with Gasteiger partial charge in [0, 0.05) is 58.4 Å². The molecule has 0 aliphatic rings. The third kappa shape index (κ3) is 14.8. The van der Waals surface area contributed by atoms with E-state index in [0.717, 1.165) is 69.6 Å². The maximum Gasteiger partial charge on any atom is 0.335 e. The second-order valence-electron chi connectivity index (χ2n) is 16.4. The molecule has 0 aliphatic carbocycles. The van der Waals surface area contributed by atoms with Crippen LogP contribution in [0.25, 0.3) is 0 Å². The first-order chi connectivity index (χ1) is 37.6.